The number of nitrogens with zero attached hydrogens (tertiary/aromatic N) is 1. The summed E-state index contributed by atoms with van der Waals surface area (Å²) >= 11 is 0. The van der Waals surface area contributed by atoms with Gasteiger partial charge in [0.25, 0.3) is 0 Å². The minimum absolute atomic E-state index is 0.0197. The summed E-state index contributed by atoms with van der Waals surface area (Å²) in [5.74, 6) is -3.48. The van der Waals surface area contributed by atoms with E-state index in [0.717, 1.165) is 16.7 Å². The second-order valence-electron chi connectivity index (χ2n) is 3.19. The third-order valence-corrected chi connectivity index (χ3v) is 2.11. The van der Waals surface area contributed by atoms with Crippen LogP contribution in [0.15, 0.2) is 16.9 Å². The average molecular weight is 228 g/mol. The van der Waals surface area contributed by atoms with Crippen LogP contribution in [0.1, 0.15) is 0 Å². The van der Waals surface area contributed by atoms with E-state index < -0.39 is 29.8 Å². The van der Waals surface area contributed by atoms with Crippen LogP contribution in [0, 0.1) is 11.6 Å². The van der Waals surface area contributed by atoms with Crippen LogP contribution in [0.5, 0.6) is 0 Å². The molecular formula is C9H6F2N2O3. The SMILES string of the molecule is O=C(O)Cn1c(=O)[nH]c2cc(F)c(F)cc21. The van der Waals surface area contributed by atoms with Gasteiger partial charge < -0.3 is 10.1 Å². The van der Waals surface area contributed by atoms with Crippen LogP contribution in [-0.4, -0.2) is 20.6 Å². The number of hydrogen-bond acceptors (Lipinski definition) is 2. The van der Waals surface area contributed by atoms with Crippen LogP contribution in [0.3, 0.4) is 0 Å². The molecular weight excluding hydrogens is 222 g/mol. The molecule has 0 spiro atoms. The van der Waals surface area contributed by atoms with Crippen molar-refractivity contribution in [3.05, 3.63) is 34.3 Å². The van der Waals surface area contributed by atoms with Crippen molar-refractivity contribution in [2.75, 3.05) is 0 Å². The highest BCUT2D eigenvalue weighted by atomic mass is 19.2. The molecule has 0 aliphatic carbocycles. The van der Waals surface area contributed by atoms with Gasteiger partial charge in [-0.1, -0.05) is 0 Å². The highest BCUT2D eigenvalue weighted by Crippen LogP contribution is 2.15. The molecule has 5 nitrogen and oxygen atoms in total. The molecule has 0 aliphatic rings. The highest BCUT2D eigenvalue weighted by molar-refractivity contribution is 5.77. The fraction of sp³-hybridized carbons (Fsp3) is 0.111. The summed E-state index contributed by atoms with van der Waals surface area (Å²) in [4.78, 5) is 24.0. The first-order valence-corrected chi connectivity index (χ1v) is 4.28. The Morgan fingerprint density at radius 3 is 2.62 bits per heavy atom. The Morgan fingerprint density at radius 2 is 2.00 bits per heavy atom. The Bertz CT molecular complexity index is 629. The first-order valence-electron chi connectivity index (χ1n) is 4.28. The van der Waals surface area contributed by atoms with Crippen LogP contribution >= 0.6 is 0 Å². The van der Waals surface area contributed by atoms with E-state index >= 15 is 0 Å². The van der Waals surface area contributed by atoms with Gasteiger partial charge in [-0.25, -0.2) is 13.6 Å². The van der Waals surface area contributed by atoms with Crippen molar-refractivity contribution in [1.82, 2.24) is 9.55 Å². The number of rotatable bonds is 2. The van der Waals surface area contributed by atoms with Gasteiger partial charge in [-0.15, -0.1) is 0 Å². The summed E-state index contributed by atoms with van der Waals surface area (Å²) in [6.07, 6.45) is 0. The van der Waals surface area contributed by atoms with E-state index in [1.165, 1.54) is 0 Å². The maximum atomic E-state index is 12.9. The third kappa shape index (κ3) is 1.56. The molecule has 0 bridgehead atoms. The van der Waals surface area contributed by atoms with E-state index in [2.05, 4.69) is 4.98 Å². The fourth-order valence-corrected chi connectivity index (χ4v) is 1.44. The summed E-state index contributed by atoms with van der Waals surface area (Å²) in [5, 5.41) is 8.55. The monoisotopic (exact) mass is 228 g/mol. The maximum absolute atomic E-state index is 12.9. The first-order chi connectivity index (χ1) is 7.49. The van der Waals surface area contributed by atoms with Crippen LogP contribution in [0.2, 0.25) is 0 Å². The fourth-order valence-electron chi connectivity index (χ4n) is 1.44. The number of carboxylic acid groups (broad SMARTS) is 1. The second kappa shape index (κ2) is 3.44. The summed E-state index contributed by atoms with van der Waals surface area (Å²) < 4.78 is 26.6. The van der Waals surface area contributed by atoms with Crippen molar-refractivity contribution in [2.24, 2.45) is 0 Å². The minimum atomic E-state index is -1.24. The molecule has 1 heterocycles. The van der Waals surface area contributed by atoms with Crippen molar-refractivity contribution >= 4 is 17.0 Å². The predicted octanol–water partition coefficient (Wildman–Crippen LogP) is 0.692. The molecule has 0 saturated carbocycles. The Hall–Kier alpha value is -2.18. The lowest BCUT2D eigenvalue weighted by Gasteiger charge is -1.99. The lowest BCUT2D eigenvalue weighted by Crippen LogP contribution is -2.21. The molecule has 2 N–H and O–H groups in total. The Labute approximate surface area is 86.9 Å². The number of nitrogens with one attached hydrogen (secondary N) is 1. The molecule has 1 aromatic heterocycles. The lowest BCUT2D eigenvalue weighted by molar-refractivity contribution is -0.137. The number of halogens is 2. The molecule has 1 aromatic carbocycles. The molecule has 0 unspecified atom stereocenters. The summed E-state index contributed by atoms with van der Waals surface area (Å²) in [6, 6.07) is 1.59. The zero-order valence-electron chi connectivity index (χ0n) is 7.83. The summed E-state index contributed by atoms with van der Waals surface area (Å²) in [6.45, 7) is -0.607. The molecule has 2 rings (SSSR count). The number of aliphatic carboxylic acids is 1. The van der Waals surface area contributed by atoms with E-state index in [0.29, 0.717) is 0 Å². The number of hydrogen-bond donors (Lipinski definition) is 2. The van der Waals surface area contributed by atoms with Gasteiger partial charge in [0.15, 0.2) is 11.6 Å². The van der Waals surface area contributed by atoms with Gasteiger partial charge in [0.1, 0.15) is 6.54 Å². The Balaban J connectivity index is 2.74. The maximum Gasteiger partial charge on any atom is 0.327 e. The Kier molecular flexibility index (Phi) is 2.22. The number of benzene rings is 1. The molecule has 0 atom stereocenters. The zero-order chi connectivity index (χ0) is 11.9. The van der Waals surface area contributed by atoms with Gasteiger partial charge in [0.2, 0.25) is 0 Å². The van der Waals surface area contributed by atoms with Gasteiger partial charge >= 0.3 is 11.7 Å². The van der Waals surface area contributed by atoms with E-state index in [1.807, 2.05) is 0 Å². The van der Waals surface area contributed by atoms with E-state index in [1.54, 1.807) is 0 Å². The minimum Gasteiger partial charge on any atom is -0.480 e. The largest absolute Gasteiger partial charge is 0.480 e. The second-order valence-corrected chi connectivity index (χ2v) is 3.19. The molecule has 2 aromatic rings. The topological polar surface area (TPSA) is 75.1 Å². The predicted molar refractivity (Wildman–Crippen MR) is 50.1 cm³/mol. The highest BCUT2D eigenvalue weighted by Gasteiger charge is 2.13. The van der Waals surface area contributed by atoms with Crippen LogP contribution in [-0.2, 0) is 11.3 Å². The van der Waals surface area contributed by atoms with Gasteiger partial charge in [-0.2, -0.15) is 0 Å². The number of carboxylic acids is 1. The molecule has 0 radical (unpaired) electrons. The zero-order valence-corrected chi connectivity index (χ0v) is 7.83. The molecule has 0 amide bonds. The van der Waals surface area contributed by atoms with E-state index in [-0.39, 0.29) is 11.0 Å². The molecule has 84 valence electrons. The van der Waals surface area contributed by atoms with Crippen LogP contribution in [0.25, 0.3) is 11.0 Å². The smallest absolute Gasteiger partial charge is 0.327 e. The number of aromatic nitrogens is 2. The summed E-state index contributed by atoms with van der Waals surface area (Å²) in [7, 11) is 0. The van der Waals surface area contributed by atoms with Gasteiger partial charge in [-0.05, 0) is 0 Å². The van der Waals surface area contributed by atoms with Crippen molar-refractivity contribution in [2.45, 2.75) is 6.54 Å². The number of imidazole rings is 1. The number of carbonyl (C=O) groups is 1. The third-order valence-electron chi connectivity index (χ3n) is 2.11. The van der Waals surface area contributed by atoms with Gasteiger partial charge in [0.05, 0.1) is 11.0 Å². The van der Waals surface area contributed by atoms with Gasteiger partial charge in [0, 0.05) is 12.1 Å². The quantitative estimate of drug-likeness (QED) is 0.794. The van der Waals surface area contributed by atoms with E-state index in [4.69, 9.17) is 5.11 Å². The molecule has 16 heavy (non-hydrogen) atoms. The van der Waals surface area contributed by atoms with E-state index in [9.17, 15) is 18.4 Å². The van der Waals surface area contributed by atoms with Crippen LogP contribution < -0.4 is 5.69 Å². The van der Waals surface area contributed by atoms with Crippen molar-refractivity contribution in [3.63, 3.8) is 0 Å². The first kappa shape index (κ1) is 10.3. The van der Waals surface area contributed by atoms with Crippen molar-refractivity contribution in [1.29, 1.82) is 0 Å². The normalized spacial score (nSPS) is 10.9. The van der Waals surface area contributed by atoms with Crippen molar-refractivity contribution in [3.8, 4) is 0 Å². The molecule has 0 aliphatic heterocycles. The Morgan fingerprint density at radius 1 is 1.38 bits per heavy atom. The standard InChI is InChI=1S/C9H6F2N2O3/c10-4-1-6-7(2-5(4)11)13(3-8(14)15)9(16)12-6/h1-2H,3H2,(H,12,16)(H,14,15). The molecule has 0 fully saturated rings. The van der Waals surface area contributed by atoms with Gasteiger partial charge in [-0.3, -0.25) is 9.36 Å². The van der Waals surface area contributed by atoms with Crippen molar-refractivity contribution < 1.29 is 18.7 Å². The summed E-state index contributed by atoms with van der Waals surface area (Å²) in [5.41, 5.74) is -0.640. The number of fused-ring (bicyclic) bond motifs is 1. The average Bonchev–Trinajstić information content (AvgIpc) is 2.45. The number of H-pyrrole nitrogens is 1. The van der Waals surface area contributed by atoms with Crippen LogP contribution in [0.4, 0.5) is 8.78 Å². The lowest BCUT2D eigenvalue weighted by atomic mass is 10.3. The molecule has 0 saturated heterocycles. The molecule has 7 heteroatoms. The number of aromatic amines is 1.